The molecule has 144 valence electrons. The Morgan fingerprint density at radius 1 is 1.19 bits per heavy atom. The third-order valence-electron chi connectivity index (χ3n) is 4.62. The smallest absolute Gasteiger partial charge is 0.253 e. The Balaban J connectivity index is 1.54. The number of ether oxygens (including phenoxy) is 2. The molecule has 2 fully saturated rings. The number of sulfonamides is 1. The van der Waals surface area contributed by atoms with E-state index in [4.69, 9.17) is 9.47 Å². The average Bonchev–Trinajstić information content (AvgIpc) is 3.45. The van der Waals surface area contributed by atoms with Gasteiger partial charge in [-0.1, -0.05) is 0 Å². The van der Waals surface area contributed by atoms with Crippen LogP contribution in [0.25, 0.3) is 0 Å². The molecular formula is C18H26N2O5S. The van der Waals surface area contributed by atoms with Crippen LogP contribution in [0.3, 0.4) is 0 Å². The van der Waals surface area contributed by atoms with Crippen molar-refractivity contribution in [2.75, 3.05) is 25.1 Å². The lowest BCUT2D eigenvalue weighted by molar-refractivity contribution is -0.126. The predicted molar refractivity (Wildman–Crippen MR) is 97.4 cm³/mol. The minimum absolute atomic E-state index is 0.0994. The number of carbonyl (C=O) groups is 1. The monoisotopic (exact) mass is 382 g/mol. The summed E-state index contributed by atoms with van der Waals surface area (Å²) in [6.07, 6.45) is 3.16. The molecule has 3 rings (SSSR count). The van der Waals surface area contributed by atoms with Crippen LogP contribution in [0.5, 0.6) is 0 Å². The summed E-state index contributed by atoms with van der Waals surface area (Å²) >= 11 is 0. The Bertz CT molecular complexity index is 710. The number of carbonyl (C=O) groups excluding carboxylic acids is 1. The fourth-order valence-corrected chi connectivity index (χ4v) is 4.01. The molecule has 1 amide bonds. The number of nitrogens with one attached hydrogen (secondary N) is 2. The lowest BCUT2D eigenvalue weighted by atomic mass is 10.1. The molecule has 1 aliphatic heterocycles. The number of hydrogen-bond acceptors (Lipinski definition) is 5. The molecule has 1 saturated carbocycles. The highest BCUT2D eigenvalue weighted by molar-refractivity contribution is 7.89. The highest BCUT2D eigenvalue weighted by Gasteiger charge is 2.24. The van der Waals surface area contributed by atoms with Crippen LogP contribution < -0.4 is 10.0 Å². The van der Waals surface area contributed by atoms with Crippen LogP contribution in [0.4, 0.5) is 5.69 Å². The second kappa shape index (κ2) is 8.47. The molecule has 2 aliphatic rings. The molecule has 1 atom stereocenters. The van der Waals surface area contributed by atoms with E-state index in [-0.39, 0.29) is 16.8 Å². The molecule has 0 unspecified atom stereocenters. The predicted octanol–water partition coefficient (Wildman–Crippen LogP) is 1.90. The number of rotatable bonds is 8. The fraction of sp³-hybridized carbons (Fsp3) is 0.611. The second-order valence-corrected chi connectivity index (χ2v) is 8.65. The summed E-state index contributed by atoms with van der Waals surface area (Å²) in [5, 5.41) is 2.75. The van der Waals surface area contributed by atoms with Crippen molar-refractivity contribution in [3.05, 3.63) is 24.3 Å². The topological polar surface area (TPSA) is 93.7 Å². The third kappa shape index (κ3) is 5.51. The summed E-state index contributed by atoms with van der Waals surface area (Å²) in [6.45, 7) is 3.47. The van der Waals surface area contributed by atoms with E-state index in [0.29, 0.717) is 44.3 Å². The van der Waals surface area contributed by atoms with Crippen molar-refractivity contribution >= 4 is 21.6 Å². The van der Waals surface area contributed by atoms with Gasteiger partial charge in [-0.2, -0.15) is 0 Å². The van der Waals surface area contributed by atoms with Crippen molar-refractivity contribution in [3.63, 3.8) is 0 Å². The Kier molecular flexibility index (Phi) is 6.29. The summed E-state index contributed by atoms with van der Waals surface area (Å²) in [4.78, 5) is 12.3. The zero-order valence-corrected chi connectivity index (χ0v) is 15.8. The molecule has 0 aromatic heterocycles. The first-order valence-corrected chi connectivity index (χ1v) is 10.5. The summed E-state index contributed by atoms with van der Waals surface area (Å²) in [5.41, 5.74) is 0.543. The van der Waals surface area contributed by atoms with Gasteiger partial charge in [-0.25, -0.2) is 13.1 Å². The van der Waals surface area contributed by atoms with Gasteiger partial charge in [-0.3, -0.25) is 4.79 Å². The Morgan fingerprint density at radius 2 is 1.85 bits per heavy atom. The molecule has 26 heavy (non-hydrogen) atoms. The standard InChI is InChI=1S/C18H26N2O5S/c1-13(25-12-14-2-3-14)18(21)19-15-4-6-17(7-5-15)26(22,23)20-16-8-10-24-11-9-16/h4-7,13-14,16,20H,2-3,8-12H2,1H3,(H,19,21)/t13-/m1/s1. The zero-order valence-electron chi connectivity index (χ0n) is 14.9. The maximum atomic E-state index is 12.4. The van der Waals surface area contributed by atoms with Crippen molar-refractivity contribution in [1.82, 2.24) is 4.72 Å². The summed E-state index contributed by atoms with van der Waals surface area (Å²) < 4.78 is 38.4. The van der Waals surface area contributed by atoms with Crippen LogP contribution in [0.2, 0.25) is 0 Å². The fourth-order valence-electron chi connectivity index (χ4n) is 2.70. The normalized spacial score (nSPS) is 19.9. The van der Waals surface area contributed by atoms with Gasteiger partial charge in [0.1, 0.15) is 6.10 Å². The van der Waals surface area contributed by atoms with E-state index in [1.54, 1.807) is 19.1 Å². The zero-order chi connectivity index (χ0) is 18.6. The molecule has 0 bridgehead atoms. The van der Waals surface area contributed by atoms with Crippen LogP contribution in [-0.2, 0) is 24.3 Å². The number of anilines is 1. The summed E-state index contributed by atoms with van der Waals surface area (Å²) in [5.74, 6) is 0.361. The number of benzene rings is 1. The van der Waals surface area contributed by atoms with Gasteiger partial charge in [-0.15, -0.1) is 0 Å². The summed E-state index contributed by atoms with van der Waals surface area (Å²) in [7, 11) is -3.58. The molecule has 1 aromatic rings. The number of hydrogen-bond donors (Lipinski definition) is 2. The van der Waals surface area contributed by atoms with Crippen molar-refractivity contribution in [2.45, 2.75) is 49.6 Å². The van der Waals surface area contributed by atoms with Gasteiger partial charge in [0.15, 0.2) is 0 Å². The minimum atomic E-state index is -3.58. The largest absolute Gasteiger partial charge is 0.381 e. The Labute approximate surface area is 154 Å². The van der Waals surface area contributed by atoms with E-state index in [2.05, 4.69) is 10.0 Å². The van der Waals surface area contributed by atoms with E-state index < -0.39 is 16.1 Å². The van der Waals surface area contributed by atoms with Gasteiger partial charge >= 0.3 is 0 Å². The lowest BCUT2D eigenvalue weighted by Gasteiger charge is -2.23. The molecule has 1 heterocycles. The van der Waals surface area contributed by atoms with Crippen molar-refractivity contribution in [1.29, 1.82) is 0 Å². The molecule has 0 spiro atoms. The highest BCUT2D eigenvalue weighted by atomic mass is 32.2. The van der Waals surface area contributed by atoms with Gasteiger partial charge in [0.2, 0.25) is 10.0 Å². The van der Waals surface area contributed by atoms with Gasteiger partial charge < -0.3 is 14.8 Å². The summed E-state index contributed by atoms with van der Waals surface area (Å²) in [6, 6.07) is 6.06. The molecule has 8 heteroatoms. The van der Waals surface area contributed by atoms with Crippen molar-refractivity contribution in [2.24, 2.45) is 5.92 Å². The molecule has 0 radical (unpaired) electrons. The van der Waals surface area contributed by atoms with E-state index in [9.17, 15) is 13.2 Å². The molecule has 1 aromatic carbocycles. The van der Waals surface area contributed by atoms with E-state index in [1.165, 1.54) is 25.0 Å². The first-order chi connectivity index (χ1) is 12.4. The first kappa shape index (κ1) is 19.3. The molecule has 7 nitrogen and oxygen atoms in total. The van der Waals surface area contributed by atoms with Crippen LogP contribution in [0.15, 0.2) is 29.2 Å². The maximum absolute atomic E-state index is 12.4. The maximum Gasteiger partial charge on any atom is 0.253 e. The molecule has 1 aliphatic carbocycles. The molecule has 1 saturated heterocycles. The van der Waals surface area contributed by atoms with Crippen LogP contribution >= 0.6 is 0 Å². The van der Waals surface area contributed by atoms with Gasteiger partial charge in [-0.05, 0) is 62.8 Å². The first-order valence-electron chi connectivity index (χ1n) is 9.06. The van der Waals surface area contributed by atoms with E-state index >= 15 is 0 Å². The van der Waals surface area contributed by atoms with E-state index in [1.807, 2.05) is 0 Å². The Hall–Kier alpha value is -1.48. The van der Waals surface area contributed by atoms with Gasteiger partial charge in [0, 0.05) is 24.9 Å². The third-order valence-corrected chi connectivity index (χ3v) is 6.16. The molecule has 2 N–H and O–H groups in total. The van der Waals surface area contributed by atoms with Gasteiger partial charge in [0.05, 0.1) is 11.5 Å². The van der Waals surface area contributed by atoms with Crippen LogP contribution in [0.1, 0.15) is 32.6 Å². The van der Waals surface area contributed by atoms with E-state index in [0.717, 1.165) is 0 Å². The van der Waals surface area contributed by atoms with Crippen molar-refractivity contribution < 1.29 is 22.7 Å². The number of amides is 1. The van der Waals surface area contributed by atoms with Crippen molar-refractivity contribution in [3.8, 4) is 0 Å². The highest BCUT2D eigenvalue weighted by Crippen LogP contribution is 2.29. The van der Waals surface area contributed by atoms with Crippen LogP contribution in [-0.4, -0.2) is 46.3 Å². The van der Waals surface area contributed by atoms with Crippen LogP contribution in [0, 0.1) is 5.92 Å². The van der Waals surface area contributed by atoms with Gasteiger partial charge in [0.25, 0.3) is 5.91 Å². The quantitative estimate of drug-likeness (QED) is 0.716. The average molecular weight is 382 g/mol. The lowest BCUT2D eigenvalue weighted by Crippen LogP contribution is -2.38. The Morgan fingerprint density at radius 3 is 2.46 bits per heavy atom. The SMILES string of the molecule is C[C@@H](OCC1CC1)C(=O)Nc1ccc(S(=O)(=O)NC2CCOCC2)cc1. The second-order valence-electron chi connectivity index (χ2n) is 6.94. The minimum Gasteiger partial charge on any atom is -0.381 e. The molecular weight excluding hydrogens is 356 g/mol.